The van der Waals surface area contributed by atoms with Crippen LogP contribution in [0.1, 0.15) is 0 Å². The summed E-state index contributed by atoms with van der Waals surface area (Å²) in [5, 5.41) is 0.325. The van der Waals surface area contributed by atoms with Crippen LogP contribution in [0.4, 0.5) is 0 Å². The molecule has 0 saturated carbocycles. The van der Waals surface area contributed by atoms with Crippen LogP contribution in [-0.4, -0.2) is 42.7 Å². The third-order valence-electron chi connectivity index (χ3n) is 7.74. The third kappa shape index (κ3) is 5.03. The Kier molecular flexibility index (Phi) is 8.02. The normalized spacial score (nSPS) is 11.0. The first-order valence-corrected chi connectivity index (χ1v) is 14.1. The molecule has 0 N–H and O–H groups in total. The third-order valence-corrected chi connectivity index (χ3v) is 7.74. The van der Waals surface area contributed by atoms with E-state index in [0.717, 1.165) is 0 Å². The molecule has 2 aromatic heterocycles. The van der Waals surface area contributed by atoms with Crippen molar-refractivity contribution in [1.82, 2.24) is 0 Å². The van der Waals surface area contributed by atoms with Crippen molar-refractivity contribution in [2.45, 2.75) is 0 Å². The maximum absolute atomic E-state index is 13.8. The fraction of sp³-hybridized carbons (Fsp3) is 0.167. The summed E-state index contributed by atoms with van der Waals surface area (Å²) in [5.74, 6) is 2.90. The molecule has 0 atom stereocenters. The minimum atomic E-state index is -0.357. The molecule has 0 aliphatic heterocycles. The lowest BCUT2D eigenvalue weighted by atomic mass is 9.96. The summed E-state index contributed by atoms with van der Waals surface area (Å²) < 4.78 is 46.6. The Hall–Kier alpha value is -5.90. The molecular weight excluding hydrogens is 592 g/mol. The summed E-state index contributed by atoms with van der Waals surface area (Å²) in [4.78, 5) is 27.6. The van der Waals surface area contributed by atoms with Crippen LogP contribution in [0.5, 0.6) is 34.5 Å². The van der Waals surface area contributed by atoms with Gasteiger partial charge in [0.2, 0.25) is 0 Å². The molecule has 10 nitrogen and oxygen atoms in total. The van der Waals surface area contributed by atoms with Gasteiger partial charge in [0.25, 0.3) is 0 Å². The molecule has 0 unspecified atom stereocenters. The summed E-state index contributed by atoms with van der Waals surface area (Å²) in [6, 6.07) is 20.2. The Morgan fingerprint density at radius 1 is 0.435 bits per heavy atom. The van der Waals surface area contributed by atoms with Crippen molar-refractivity contribution in [2.75, 3.05) is 42.7 Å². The number of rotatable bonds is 9. The van der Waals surface area contributed by atoms with Crippen LogP contribution in [0.3, 0.4) is 0 Å². The molecule has 4 aromatic carbocycles. The van der Waals surface area contributed by atoms with E-state index in [-0.39, 0.29) is 67.3 Å². The summed E-state index contributed by atoms with van der Waals surface area (Å²) in [6.45, 7) is 0. The first-order chi connectivity index (χ1) is 22.3. The summed E-state index contributed by atoms with van der Waals surface area (Å²) in [6.07, 6.45) is 0. The van der Waals surface area contributed by atoms with Crippen LogP contribution >= 0.6 is 0 Å². The second-order valence-electron chi connectivity index (χ2n) is 10.1. The number of fused-ring (bicyclic) bond motifs is 2. The van der Waals surface area contributed by atoms with Crippen molar-refractivity contribution in [2.24, 2.45) is 0 Å². The lowest BCUT2D eigenvalue weighted by molar-refractivity contribution is 0.393. The van der Waals surface area contributed by atoms with E-state index in [9.17, 15) is 9.59 Å². The van der Waals surface area contributed by atoms with Crippen LogP contribution in [0.25, 0.3) is 55.7 Å². The number of ether oxygens (including phenoxy) is 6. The van der Waals surface area contributed by atoms with Crippen molar-refractivity contribution in [3.63, 3.8) is 0 Å². The van der Waals surface area contributed by atoms with Gasteiger partial charge in [-0.3, -0.25) is 9.59 Å². The molecule has 0 saturated heterocycles. The topological polar surface area (TPSA) is 116 Å². The zero-order valence-electron chi connectivity index (χ0n) is 26.0. The van der Waals surface area contributed by atoms with Crippen molar-refractivity contribution in [1.29, 1.82) is 0 Å². The highest BCUT2D eigenvalue weighted by atomic mass is 16.5. The van der Waals surface area contributed by atoms with Crippen molar-refractivity contribution >= 4 is 21.9 Å². The SMILES string of the molecule is COc1ccc(-c2cc(=O)c3c(OC)cc(OC)c(-c4c(OC)cc(OC)c5c(=O)cc(-c6ccc(OC)cc6)oc45)c3o2)cc1. The molecule has 46 heavy (non-hydrogen) atoms. The molecule has 0 aliphatic carbocycles. The van der Waals surface area contributed by atoms with Crippen LogP contribution in [0.15, 0.2) is 91.2 Å². The molecule has 0 aliphatic rings. The summed E-state index contributed by atoms with van der Waals surface area (Å²) >= 11 is 0. The van der Waals surface area contributed by atoms with E-state index in [1.807, 2.05) is 0 Å². The molecule has 0 fully saturated rings. The molecule has 6 rings (SSSR count). The predicted octanol–water partition coefficient (Wildman–Crippen LogP) is 6.95. The minimum absolute atomic E-state index is 0.136. The maximum atomic E-state index is 13.8. The second-order valence-corrected chi connectivity index (χ2v) is 10.1. The number of hydrogen-bond acceptors (Lipinski definition) is 10. The van der Waals surface area contributed by atoms with E-state index in [1.165, 1.54) is 40.6 Å². The van der Waals surface area contributed by atoms with E-state index in [0.29, 0.717) is 33.8 Å². The standard InChI is InChI=1S/C36H30O10/c1-39-21-11-7-19(8-12-21)25-15-23(37)31-27(41-3)17-29(43-5)33(35(31)45-25)34-30(44-6)18-28(42-4)32-24(38)16-26(46-36(32)34)20-9-13-22(40-2)14-10-20/h7-18H,1-6H3. The van der Waals surface area contributed by atoms with E-state index >= 15 is 0 Å². The monoisotopic (exact) mass is 622 g/mol. The zero-order chi connectivity index (χ0) is 32.5. The average molecular weight is 623 g/mol. The van der Waals surface area contributed by atoms with Gasteiger partial charge in [-0.25, -0.2) is 0 Å². The van der Waals surface area contributed by atoms with E-state index in [2.05, 4.69) is 0 Å². The lowest BCUT2D eigenvalue weighted by Gasteiger charge is -2.19. The Morgan fingerprint density at radius 2 is 0.783 bits per heavy atom. The highest BCUT2D eigenvalue weighted by molar-refractivity contribution is 6.09. The van der Waals surface area contributed by atoms with E-state index < -0.39 is 0 Å². The largest absolute Gasteiger partial charge is 0.497 e. The van der Waals surface area contributed by atoms with Crippen LogP contribution in [0, 0.1) is 0 Å². The van der Waals surface area contributed by atoms with Gasteiger partial charge in [0, 0.05) is 35.4 Å². The zero-order valence-corrected chi connectivity index (χ0v) is 26.0. The highest BCUT2D eigenvalue weighted by Gasteiger charge is 2.29. The smallest absolute Gasteiger partial charge is 0.197 e. The van der Waals surface area contributed by atoms with Gasteiger partial charge < -0.3 is 37.3 Å². The Labute approximate surface area is 263 Å². The van der Waals surface area contributed by atoms with Gasteiger partial charge in [-0.2, -0.15) is 0 Å². The minimum Gasteiger partial charge on any atom is -0.497 e. The van der Waals surface area contributed by atoms with Gasteiger partial charge in [-0.15, -0.1) is 0 Å². The van der Waals surface area contributed by atoms with Gasteiger partial charge in [0.15, 0.2) is 22.0 Å². The first-order valence-electron chi connectivity index (χ1n) is 14.1. The van der Waals surface area contributed by atoms with Crippen molar-refractivity contribution < 1.29 is 37.3 Å². The van der Waals surface area contributed by atoms with Crippen molar-refractivity contribution in [3.8, 4) is 68.3 Å². The molecule has 0 amide bonds. The van der Waals surface area contributed by atoms with Crippen LogP contribution in [-0.2, 0) is 0 Å². The van der Waals surface area contributed by atoms with Gasteiger partial charge in [0.1, 0.15) is 56.8 Å². The molecule has 0 radical (unpaired) electrons. The molecule has 0 bridgehead atoms. The molecular formula is C36H30O10. The van der Waals surface area contributed by atoms with E-state index in [1.54, 1.807) is 74.9 Å². The lowest BCUT2D eigenvalue weighted by Crippen LogP contribution is -2.07. The highest BCUT2D eigenvalue weighted by Crippen LogP contribution is 2.50. The average Bonchev–Trinajstić information content (AvgIpc) is 3.10. The molecule has 10 heteroatoms. The number of benzene rings is 4. The van der Waals surface area contributed by atoms with Gasteiger partial charge in [-0.05, 0) is 48.5 Å². The molecule has 234 valence electrons. The van der Waals surface area contributed by atoms with Crippen LogP contribution < -0.4 is 39.3 Å². The molecule has 0 spiro atoms. The summed E-state index contributed by atoms with van der Waals surface area (Å²) in [7, 11) is 9.00. The summed E-state index contributed by atoms with van der Waals surface area (Å²) in [5.41, 5.74) is 1.44. The quantitative estimate of drug-likeness (QED) is 0.168. The van der Waals surface area contributed by atoms with E-state index in [4.69, 9.17) is 37.3 Å². The molecule has 2 heterocycles. The number of hydrogen-bond donors (Lipinski definition) is 0. The van der Waals surface area contributed by atoms with Crippen LogP contribution in [0.2, 0.25) is 0 Å². The van der Waals surface area contributed by atoms with Crippen molar-refractivity contribution in [3.05, 3.63) is 93.2 Å². The van der Waals surface area contributed by atoms with Gasteiger partial charge in [-0.1, -0.05) is 0 Å². The Balaban J connectivity index is 1.77. The van der Waals surface area contributed by atoms with Gasteiger partial charge in [0.05, 0.1) is 53.8 Å². The Morgan fingerprint density at radius 3 is 1.09 bits per heavy atom. The maximum Gasteiger partial charge on any atom is 0.197 e. The van der Waals surface area contributed by atoms with Gasteiger partial charge >= 0.3 is 0 Å². The number of methoxy groups -OCH3 is 6. The Bertz CT molecular complexity index is 2040. The first kappa shape index (κ1) is 30.1. The fourth-order valence-electron chi connectivity index (χ4n) is 5.47. The predicted molar refractivity (Wildman–Crippen MR) is 174 cm³/mol. The fourth-order valence-corrected chi connectivity index (χ4v) is 5.47. The second kappa shape index (κ2) is 12.2. The molecule has 6 aromatic rings.